The summed E-state index contributed by atoms with van der Waals surface area (Å²) in [6, 6.07) is 18.3. The van der Waals surface area contributed by atoms with Gasteiger partial charge in [-0.2, -0.15) is 0 Å². The van der Waals surface area contributed by atoms with E-state index in [4.69, 9.17) is 9.47 Å². The largest absolute Gasteiger partial charge is 0.490 e. The molecule has 1 aliphatic rings. The minimum atomic E-state index is -0.368. The molecule has 5 nitrogen and oxygen atoms in total. The van der Waals surface area contributed by atoms with E-state index < -0.39 is 0 Å². The molecule has 1 heterocycles. The van der Waals surface area contributed by atoms with Crippen molar-refractivity contribution in [2.75, 3.05) is 18.1 Å². The number of aryl methyl sites for hydroxylation is 1. The van der Waals surface area contributed by atoms with Crippen LogP contribution >= 0.6 is 15.9 Å². The summed E-state index contributed by atoms with van der Waals surface area (Å²) >= 11 is 3.56. The number of anilines is 1. The number of fused-ring (bicyclic) bond motifs is 1. The van der Waals surface area contributed by atoms with Crippen LogP contribution in [0.25, 0.3) is 11.6 Å². The SMILES string of the molecule is CCOc1cc(C=C2C(=O)N(c3cccc(C)c3)C(=O)c3ccccc32)cc(Br)c1OCC. The molecule has 6 heteroatoms. The van der Waals surface area contributed by atoms with E-state index >= 15 is 0 Å². The monoisotopic (exact) mass is 505 g/mol. The van der Waals surface area contributed by atoms with Crippen LogP contribution in [0.5, 0.6) is 11.5 Å². The lowest BCUT2D eigenvalue weighted by Gasteiger charge is -2.29. The molecule has 4 rings (SSSR count). The minimum Gasteiger partial charge on any atom is -0.490 e. The molecule has 0 fully saturated rings. The third-order valence-corrected chi connectivity index (χ3v) is 5.86. The van der Waals surface area contributed by atoms with Gasteiger partial charge in [0.15, 0.2) is 11.5 Å². The van der Waals surface area contributed by atoms with E-state index in [0.29, 0.717) is 47.1 Å². The van der Waals surface area contributed by atoms with Gasteiger partial charge in [-0.25, -0.2) is 4.90 Å². The molecule has 2 amide bonds. The quantitative estimate of drug-likeness (QED) is 0.292. The van der Waals surface area contributed by atoms with Crippen LogP contribution in [0.15, 0.2) is 65.1 Å². The van der Waals surface area contributed by atoms with Gasteiger partial charge in [-0.15, -0.1) is 0 Å². The highest BCUT2D eigenvalue weighted by atomic mass is 79.9. The molecule has 3 aromatic rings. The Morgan fingerprint density at radius 2 is 1.61 bits per heavy atom. The highest BCUT2D eigenvalue weighted by Gasteiger charge is 2.35. The van der Waals surface area contributed by atoms with Gasteiger partial charge >= 0.3 is 0 Å². The van der Waals surface area contributed by atoms with Gasteiger partial charge in [0.2, 0.25) is 0 Å². The lowest BCUT2D eigenvalue weighted by Crippen LogP contribution is -2.41. The molecular weight excluding hydrogens is 482 g/mol. The number of rotatable bonds is 6. The van der Waals surface area contributed by atoms with E-state index in [1.165, 1.54) is 4.90 Å². The van der Waals surface area contributed by atoms with Crippen LogP contribution in [0.1, 0.15) is 40.9 Å². The number of ether oxygens (including phenoxy) is 2. The average Bonchev–Trinajstić information content (AvgIpc) is 2.79. The number of halogens is 1. The fourth-order valence-corrected chi connectivity index (χ4v) is 4.45. The third-order valence-electron chi connectivity index (χ3n) is 5.28. The Kier molecular flexibility index (Phi) is 6.65. The van der Waals surface area contributed by atoms with Crippen molar-refractivity contribution in [3.05, 3.63) is 87.4 Å². The Labute approximate surface area is 201 Å². The Morgan fingerprint density at radius 3 is 2.30 bits per heavy atom. The van der Waals surface area contributed by atoms with Crippen molar-refractivity contribution in [1.82, 2.24) is 0 Å². The molecule has 0 radical (unpaired) electrons. The average molecular weight is 506 g/mol. The summed E-state index contributed by atoms with van der Waals surface area (Å²) in [5.74, 6) is 0.505. The van der Waals surface area contributed by atoms with Crippen molar-refractivity contribution in [2.45, 2.75) is 20.8 Å². The highest BCUT2D eigenvalue weighted by Crippen LogP contribution is 2.39. The lowest BCUT2D eigenvalue weighted by atomic mass is 9.91. The number of carbonyl (C=O) groups excluding carboxylic acids is 2. The molecule has 33 heavy (non-hydrogen) atoms. The summed E-state index contributed by atoms with van der Waals surface area (Å²) in [5, 5.41) is 0. The Morgan fingerprint density at radius 1 is 0.879 bits per heavy atom. The zero-order chi connectivity index (χ0) is 23.5. The molecule has 3 aromatic carbocycles. The Hall–Kier alpha value is -3.38. The molecule has 1 aliphatic heterocycles. The smallest absolute Gasteiger partial charge is 0.265 e. The second kappa shape index (κ2) is 9.63. The van der Waals surface area contributed by atoms with Gasteiger partial charge in [0, 0.05) is 11.1 Å². The maximum atomic E-state index is 13.6. The van der Waals surface area contributed by atoms with Gasteiger partial charge in [0.1, 0.15) is 0 Å². The van der Waals surface area contributed by atoms with E-state index in [2.05, 4.69) is 15.9 Å². The molecule has 0 unspecified atom stereocenters. The number of carbonyl (C=O) groups is 2. The van der Waals surface area contributed by atoms with E-state index in [-0.39, 0.29) is 11.8 Å². The number of benzene rings is 3. The molecule has 0 aromatic heterocycles. The van der Waals surface area contributed by atoms with Gasteiger partial charge < -0.3 is 9.47 Å². The predicted molar refractivity (Wildman–Crippen MR) is 134 cm³/mol. The summed E-state index contributed by atoms with van der Waals surface area (Å²) < 4.78 is 12.2. The molecule has 0 spiro atoms. The zero-order valence-corrected chi connectivity index (χ0v) is 20.3. The summed E-state index contributed by atoms with van der Waals surface area (Å²) in [6.45, 7) is 6.72. The van der Waals surface area contributed by atoms with Crippen LogP contribution in [-0.4, -0.2) is 25.0 Å². The fourth-order valence-electron chi connectivity index (χ4n) is 3.88. The van der Waals surface area contributed by atoms with Gasteiger partial charge in [-0.3, -0.25) is 9.59 Å². The van der Waals surface area contributed by atoms with Crippen molar-refractivity contribution in [3.63, 3.8) is 0 Å². The van der Waals surface area contributed by atoms with Gasteiger partial charge in [-0.05, 0) is 89.8 Å². The standard InChI is InChI=1S/C27H24BrNO4/c1-4-32-24-16-18(15-23(28)25(24)33-5-2)14-22-20-11-6-7-12-21(20)26(30)29(27(22)31)19-10-8-9-17(3)13-19/h6-16H,4-5H2,1-3H3. The summed E-state index contributed by atoms with van der Waals surface area (Å²) in [5.41, 5.74) is 3.80. The predicted octanol–water partition coefficient (Wildman–Crippen LogP) is 6.28. The first-order valence-corrected chi connectivity index (χ1v) is 11.6. The summed E-state index contributed by atoms with van der Waals surface area (Å²) in [4.78, 5) is 28.2. The lowest BCUT2D eigenvalue weighted by molar-refractivity contribution is -0.112. The summed E-state index contributed by atoms with van der Waals surface area (Å²) in [6.07, 6.45) is 1.79. The molecule has 0 saturated carbocycles. The number of hydrogen-bond donors (Lipinski definition) is 0. The van der Waals surface area contributed by atoms with E-state index in [1.807, 2.05) is 57.2 Å². The second-order valence-corrected chi connectivity index (χ2v) is 8.44. The highest BCUT2D eigenvalue weighted by molar-refractivity contribution is 9.10. The first-order valence-electron chi connectivity index (χ1n) is 10.8. The summed E-state index contributed by atoms with van der Waals surface area (Å²) in [7, 11) is 0. The van der Waals surface area contributed by atoms with Crippen molar-refractivity contribution in [2.24, 2.45) is 0 Å². The van der Waals surface area contributed by atoms with Crippen LogP contribution in [0.2, 0.25) is 0 Å². The maximum Gasteiger partial charge on any atom is 0.265 e. The number of nitrogens with zero attached hydrogens (tertiary/aromatic N) is 1. The molecule has 168 valence electrons. The Balaban J connectivity index is 1.88. The van der Waals surface area contributed by atoms with Crippen LogP contribution in [0, 0.1) is 6.92 Å². The van der Waals surface area contributed by atoms with Crippen molar-refractivity contribution in [1.29, 1.82) is 0 Å². The Bertz CT molecular complexity index is 1260. The number of amides is 2. The minimum absolute atomic E-state index is 0.332. The second-order valence-electron chi connectivity index (χ2n) is 7.58. The molecular formula is C27H24BrNO4. The maximum absolute atomic E-state index is 13.6. The van der Waals surface area contributed by atoms with E-state index in [9.17, 15) is 9.59 Å². The van der Waals surface area contributed by atoms with Crippen molar-refractivity contribution in [3.8, 4) is 11.5 Å². The third kappa shape index (κ3) is 4.44. The van der Waals surface area contributed by atoms with Crippen LogP contribution in [0.3, 0.4) is 0 Å². The van der Waals surface area contributed by atoms with Crippen LogP contribution in [-0.2, 0) is 4.79 Å². The first-order chi connectivity index (χ1) is 15.9. The topological polar surface area (TPSA) is 55.8 Å². The number of hydrogen-bond acceptors (Lipinski definition) is 4. The molecule has 0 bridgehead atoms. The van der Waals surface area contributed by atoms with E-state index in [0.717, 1.165) is 15.6 Å². The van der Waals surface area contributed by atoms with Crippen LogP contribution < -0.4 is 14.4 Å². The van der Waals surface area contributed by atoms with Crippen molar-refractivity contribution >= 4 is 45.1 Å². The van der Waals surface area contributed by atoms with Gasteiger partial charge in [0.05, 0.1) is 23.4 Å². The molecule has 0 aliphatic carbocycles. The van der Waals surface area contributed by atoms with Gasteiger partial charge in [0.25, 0.3) is 11.8 Å². The number of imide groups is 1. The molecule has 0 saturated heterocycles. The normalized spacial score (nSPS) is 14.4. The zero-order valence-electron chi connectivity index (χ0n) is 18.7. The van der Waals surface area contributed by atoms with Crippen LogP contribution in [0.4, 0.5) is 5.69 Å². The molecule has 0 N–H and O–H groups in total. The molecule has 0 atom stereocenters. The van der Waals surface area contributed by atoms with Crippen molar-refractivity contribution < 1.29 is 19.1 Å². The first kappa shape index (κ1) is 22.8. The fraction of sp³-hybridized carbons (Fsp3) is 0.185. The van der Waals surface area contributed by atoms with Gasteiger partial charge in [-0.1, -0.05) is 30.3 Å². The van der Waals surface area contributed by atoms with E-state index in [1.54, 1.807) is 30.3 Å².